The van der Waals surface area contributed by atoms with E-state index in [9.17, 15) is 18.0 Å². The Morgan fingerprint density at radius 2 is 1.88 bits per heavy atom. The van der Waals surface area contributed by atoms with Gasteiger partial charge in [0.25, 0.3) is 5.91 Å². The summed E-state index contributed by atoms with van der Waals surface area (Å²) in [7, 11) is 0. The van der Waals surface area contributed by atoms with E-state index in [1.165, 1.54) is 12.1 Å². The van der Waals surface area contributed by atoms with Gasteiger partial charge in [-0.2, -0.15) is 0 Å². The van der Waals surface area contributed by atoms with Crippen LogP contribution in [0, 0.1) is 5.92 Å². The van der Waals surface area contributed by atoms with Crippen LogP contribution in [0.15, 0.2) is 36.5 Å². The Morgan fingerprint density at radius 3 is 2.52 bits per heavy atom. The molecule has 0 atom stereocenters. The summed E-state index contributed by atoms with van der Waals surface area (Å²) in [5, 5.41) is 0. The molecule has 1 amide bonds. The lowest BCUT2D eigenvalue weighted by Gasteiger charge is -2.32. The van der Waals surface area contributed by atoms with Gasteiger partial charge >= 0.3 is 6.36 Å². The molecule has 2 aromatic heterocycles. The van der Waals surface area contributed by atoms with Crippen molar-refractivity contribution in [2.24, 2.45) is 5.92 Å². The second-order valence-electron chi connectivity index (χ2n) is 8.53. The average molecular weight is 460 g/mol. The number of ether oxygens (including phenoxy) is 2. The Kier molecular flexibility index (Phi) is 5.69. The fraction of sp³-hybridized carbons (Fsp3) is 0.435. The molecule has 0 aliphatic carbocycles. The molecular weight excluding hydrogens is 437 g/mol. The summed E-state index contributed by atoms with van der Waals surface area (Å²) < 4.78 is 46.1. The number of hydrogen-bond donors (Lipinski definition) is 1. The lowest BCUT2D eigenvalue weighted by molar-refractivity contribution is -0.274. The normalized spacial score (nSPS) is 17.8. The molecule has 4 heterocycles. The van der Waals surface area contributed by atoms with Crippen molar-refractivity contribution >= 4 is 17.1 Å². The first-order chi connectivity index (χ1) is 15.9. The molecule has 7 nitrogen and oxygen atoms in total. The molecule has 0 spiro atoms. The number of nitrogens with zero attached hydrogens (tertiary/aromatic N) is 3. The lowest BCUT2D eigenvalue weighted by atomic mass is 9.89. The van der Waals surface area contributed by atoms with Crippen molar-refractivity contribution in [3.8, 4) is 5.75 Å². The molecule has 2 aliphatic rings. The molecule has 33 heavy (non-hydrogen) atoms. The molecule has 0 bridgehead atoms. The summed E-state index contributed by atoms with van der Waals surface area (Å²) in [5.41, 5.74) is 3.16. The van der Waals surface area contributed by atoms with Crippen molar-refractivity contribution in [2.75, 3.05) is 26.3 Å². The molecule has 10 heteroatoms. The van der Waals surface area contributed by atoms with Gasteiger partial charge in [-0.25, -0.2) is 9.97 Å². The predicted molar refractivity (Wildman–Crippen MR) is 113 cm³/mol. The number of imidazole rings is 1. The van der Waals surface area contributed by atoms with Crippen LogP contribution in [0.2, 0.25) is 0 Å². The van der Waals surface area contributed by atoms with Crippen molar-refractivity contribution in [3.63, 3.8) is 0 Å². The first-order valence-electron chi connectivity index (χ1n) is 10.9. The highest BCUT2D eigenvalue weighted by atomic mass is 19.4. The average Bonchev–Trinajstić information content (AvgIpc) is 3.18. The van der Waals surface area contributed by atoms with Gasteiger partial charge in [-0.3, -0.25) is 4.79 Å². The Morgan fingerprint density at radius 1 is 1.15 bits per heavy atom. The minimum absolute atomic E-state index is 0.196. The Balaban J connectivity index is 1.23. The number of benzene rings is 1. The number of rotatable bonds is 5. The van der Waals surface area contributed by atoms with Gasteiger partial charge in [0.1, 0.15) is 11.6 Å². The third kappa shape index (κ3) is 4.80. The number of amides is 1. The van der Waals surface area contributed by atoms with E-state index in [4.69, 9.17) is 4.74 Å². The molecule has 1 N–H and O–H groups in total. The SMILES string of the molecule is O=C(c1ccc(OC(F)(F)F)cc1)N1CCC(c2ccnc3nc(CC4COC4)[nH]c23)CC1. The molecule has 0 unspecified atom stereocenters. The highest BCUT2D eigenvalue weighted by Gasteiger charge is 2.31. The molecule has 2 aliphatic heterocycles. The predicted octanol–water partition coefficient (Wildman–Crippen LogP) is 4.07. The van der Waals surface area contributed by atoms with E-state index in [-0.39, 0.29) is 17.6 Å². The minimum atomic E-state index is -4.76. The summed E-state index contributed by atoms with van der Waals surface area (Å²) >= 11 is 0. The summed E-state index contributed by atoms with van der Waals surface area (Å²) in [5.74, 6) is 1.14. The largest absolute Gasteiger partial charge is 0.573 e. The number of H-pyrrole nitrogens is 1. The molecule has 2 fully saturated rings. The third-order valence-corrected chi connectivity index (χ3v) is 6.22. The maximum atomic E-state index is 12.8. The van der Waals surface area contributed by atoms with E-state index < -0.39 is 6.36 Å². The van der Waals surface area contributed by atoms with Gasteiger partial charge < -0.3 is 19.4 Å². The van der Waals surface area contributed by atoms with Crippen LogP contribution in [-0.4, -0.2) is 58.4 Å². The van der Waals surface area contributed by atoms with Crippen molar-refractivity contribution in [2.45, 2.75) is 31.5 Å². The smallest absolute Gasteiger partial charge is 0.406 e. The highest BCUT2D eigenvalue weighted by molar-refractivity contribution is 5.94. The first-order valence-corrected chi connectivity index (χ1v) is 10.9. The van der Waals surface area contributed by atoms with E-state index in [1.807, 2.05) is 6.07 Å². The monoisotopic (exact) mass is 460 g/mol. The van der Waals surface area contributed by atoms with Crippen molar-refractivity contribution in [1.29, 1.82) is 0 Å². The van der Waals surface area contributed by atoms with E-state index in [2.05, 4.69) is 19.7 Å². The van der Waals surface area contributed by atoms with Crippen molar-refractivity contribution < 1.29 is 27.4 Å². The molecular formula is C23H23F3N4O3. The number of carbonyl (C=O) groups excluding carboxylic acids is 1. The number of alkyl halides is 3. The zero-order valence-corrected chi connectivity index (χ0v) is 17.8. The number of likely N-dealkylation sites (tertiary alicyclic amines) is 1. The molecule has 3 aromatic rings. The first kappa shape index (κ1) is 21.7. The third-order valence-electron chi connectivity index (χ3n) is 6.22. The van der Waals surface area contributed by atoms with E-state index in [0.717, 1.165) is 61.5 Å². The van der Waals surface area contributed by atoms with Crippen LogP contribution >= 0.6 is 0 Å². The number of hydrogen-bond acceptors (Lipinski definition) is 5. The van der Waals surface area contributed by atoms with Crippen LogP contribution in [0.25, 0.3) is 11.2 Å². The van der Waals surface area contributed by atoms with Crippen LogP contribution in [0.3, 0.4) is 0 Å². The van der Waals surface area contributed by atoms with Gasteiger partial charge in [0.15, 0.2) is 5.65 Å². The van der Waals surface area contributed by atoms with E-state index >= 15 is 0 Å². The quantitative estimate of drug-likeness (QED) is 0.621. The molecule has 1 aromatic carbocycles. The Labute approximate surface area is 187 Å². The van der Waals surface area contributed by atoms with Crippen LogP contribution in [0.1, 0.15) is 40.5 Å². The van der Waals surface area contributed by atoms with E-state index in [1.54, 1.807) is 11.1 Å². The minimum Gasteiger partial charge on any atom is -0.406 e. The fourth-order valence-corrected chi connectivity index (χ4v) is 4.47. The number of nitrogens with one attached hydrogen (secondary N) is 1. The van der Waals surface area contributed by atoms with Crippen LogP contribution < -0.4 is 4.74 Å². The van der Waals surface area contributed by atoms with Gasteiger partial charge in [-0.05, 0) is 54.7 Å². The highest BCUT2D eigenvalue weighted by Crippen LogP contribution is 2.33. The van der Waals surface area contributed by atoms with Gasteiger partial charge in [0.05, 0.1) is 18.7 Å². The van der Waals surface area contributed by atoms with Crippen molar-refractivity contribution in [3.05, 3.63) is 53.5 Å². The standard InChI is InChI=1S/C23H23F3N4O3/c24-23(25,26)33-17-3-1-16(2-4-17)22(31)30-9-6-15(7-10-30)18-5-8-27-21-20(18)28-19(29-21)11-14-12-32-13-14/h1-5,8,14-15H,6-7,9-13H2,(H,27,28,29). The summed E-state index contributed by atoms with van der Waals surface area (Å²) in [4.78, 5) is 27.0. The molecule has 174 valence electrons. The number of piperidine rings is 1. The Hall–Kier alpha value is -3.14. The topological polar surface area (TPSA) is 80.3 Å². The van der Waals surface area contributed by atoms with E-state index in [0.29, 0.717) is 30.2 Å². The maximum absolute atomic E-state index is 12.8. The molecule has 5 rings (SSSR count). The summed E-state index contributed by atoms with van der Waals surface area (Å²) in [6.45, 7) is 2.66. The van der Waals surface area contributed by atoms with Crippen LogP contribution in [0.5, 0.6) is 5.75 Å². The molecule has 2 saturated heterocycles. The zero-order chi connectivity index (χ0) is 23.0. The molecule has 0 radical (unpaired) electrons. The zero-order valence-electron chi connectivity index (χ0n) is 17.8. The number of aromatic amines is 1. The lowest BCUT2D eigenvalue weighted by Crippen LogP contribution is -2.38. The van der Waals surface area contributed by atoms with Gasteiger partial charge in [-0.1, -0.05) is 0 Å². The van der Waals surface area contributed by atoms with Crippen molar-refractivity contribution in [1.82, 2.24) is 19.9 Å². The van der Waals surface area contributed by atoms with Crippen LogP contribution in [0.4, 0.5) is 13.2 Å². The van der Waals surface area contributed by atoms with Gasteiger partial charge in [-0.15, -0.1) is 13.2 Å². The van der Waals surface area contributed by atoms with Gasteiger partial charge in [0.2, 0.25) is 0 Å². The summed E-state index contributed by atoms with van der Waals surface area (Å²) in [6.07, 6.45) is -0.574. The number of pyridine rings is 1. The number of carbonyl (C=O) groups is 1. The number of halogens is 3. The summed E-state index contributed by atoms with van der Waals surface area (Å²) in [6, 6.07) is 7.06. The Bertz CT molecular complexity index is 1130. The number of aromatic nitrogens is 3. The fourth-order valence-electron chi connectivity index (χ4n) is 4.47. The second-order valence-corrected chi connectivity index (χ2v) is 8.53. The van der Waals surface area contributed by atoms with Gasteiger partial charge in [0, 0.05) is 37.2 Å². The second kappa shape index (κ2) is 8.66. The van der Waals surface area contributed by atoms with Crippen LogP contribution in [-0.2, 0) is 11.2 Å². The number of fused-ring (bicyclic) bond motifs is 1. The molecule has 0 saturated carbocycles. The maximum Gasteiger partial charge on any atom is 0.573 e.